The molecule has 0 aliphatic heterocycles. The van der Waals surface area contributed by atoms with Crippen molar-refractivity contribution in [2.75, 3.05) is 5.32 Å². The number of rotatable bonds is 7. The maximum atomic E-state index is 11.5. The van der Waals surface area contributed by atoms with Crippen LogP contribution in [0.15, 0.2) is 53.5 Å². The zero-order chi connectivity index (χ0) is 18.2. The molecule has 0 aliphatic rings. The second-order valence-corrected chi connectivity index (χ2v) is 5.10. The van der Waals surface area contributed by atoms with Crippen molar-refractivity contribution in [2.24, 2.45) is 4.99 Å². The Balaban J connectivity index is 1.94. The van der Waals surface area contributed by atoms with E-state index in [4.69, 9.17) is 5.11 Å². The summed E-state index contributed by atoms with van der Waals surface area (Å²) < 4.78 is 0. The van der Waals surface area contributed by atoms with Gasteiger partial charge in [-0.2, -0.15) is 0 Å². The summed E-state index contributed by atoms with van der Waals surface area (Å²) in [6.45, 7) is 0. The number of carboxylic acid groups (broad SMARTS) is 1. The quantitative estimate of drug-likeness (QED) is 0.455. The number of aliphatic carboxylic acids is 1. The summed E-state index contributed by atoms with van der Waals surface area (Å²) in [5.74, 6) is -1.39. The van der Waals surface area contributed by atoms with Crippen molar-refractivity contribution in [3.63, 3.8) is 0 Å². The summed E-state index contributed by atoms with van der Waals surface area (Å²) in [5.41, 5.74) is 1.92. The highest BCUT2D eigenvalue weighted by Crippen LogP contribution is 2.17. The van der Waals surface area contributed by atoms with Gasteiger partial charge >= 0.3 is 5.97 Å². The van der Waals surface area contributed by atoms with Gasteiger partial charge in [0.2, 0.25) is 5.91 Å². The van der Waals surface area contributed by atoms with E-state index in [2.05, 4.69) is 10.3 Å². The smallest absolute Gasteiger partial charge is 0.303 e. The molecule has 0 atom stereocenters. The fraction of sp³-hybridized carbons (Fsp3) is 0.118. The lowest BCUT2D eigenvalue weighted by atomic mass is 10.2. The number of hydrogen-bond acceptors (Lipinski definition) is 5. The second kappa shape index (κ2) is 8.34. The lowest BCUT2D eigenvalue weighted by Crippen LogP contribution is -2.12. The van der Waals surface area contributed by atoms with Crippen LogP contribution in [0, 0.1) is 10.1 Å². The van der Waals surface area contributed by atoms with Gasteiger partial charge in [0.15, 0.2) is 0 Å². The van der Waals surface area contributed by atoms with Gasteiger partial charge < -0.3 is 10.4 Å². The molecule has 25 heavy (non-hydrogen) atoms. The molecule has 0 unspecified atom stereocenters. The summed E-state index contributed by atoms with van der Waals surface area (Å²) in [7, 11) is 0. The number of nitrogens with zero attached hydrogens (tertiary/aromatic N) is 2. The van der Waals surface area contributed by atoms with Crippen LogP contribution in [-0.2, 0) is 9.59 Å². The van der Waals surface area contributed by atoms with Crippen molar-refractivity contribution in [3.8, 4) is 0 Å². The van der Waals surface area contributed by atoms with Crippen molar-refractivity contribution >= 4 is 35.2 Å². The normalized spacial score (nSPS) is 10.6. The molecule has 0 saturated heterocycles. The predicted octanol–water partition coefficient (Wildman–Crippen LogP) is 3.15. The Morgan fingerprint density at radius 1 is 1.08 bits per heavy atom. The number of aliphatic imine (C=N–C) groups is 1. The molecule has 0 aromatic heterocycles. The molecule has 0 aliphatic carbocycles. The highest BCUT2D eigenvalue weighted by Gasteiger charge is 2.05. The Bertz CT molecular complexity index is 798. The molecule has 2 aromatic rings. The van der Waals surface area contributed by atoms with Crippen LogP contribution < -0.4 is 5.32 Å². The van der Waals surface area contributed by atoms with Gasteiger partial charge in [-0.25, -0.2) is 0 Å². The number of carbonyl (C=O) groups is 2. The van der Waals surface area contributed by atoms with Crippen molar-refractivity contribution in [2.45, 2.75) is 12.8 Å². The molecule has 1 amide bonds. The molecule has 0 radical (unpaired) electrons. The van der Waals surface area contributed by atoms with Crippen molar-refractivity contribution in [1.29, 1.82) is 0 Å². The summed E-state index contributed by atoms with van der Waals surface area (Å²) in [5, 5.41) is 21.7. The number of benzene rings is 2. The maximum Gasteiger partial charge on any atom is 0.303 e. The Labute approximate surface area is 143 Å². The number of nitrogens with one attached hydrogen (secondary N) is 1. The van der Waals surface area contributed by atoms with E-state index in [0.29, 0.717) is 11.4 Å². The zero-order valence-corrected chi connectivity index (χ0v) is 13.1. The van der Waals surface area contributed by atoms with E-state index in [1.54, 1.807) is 42.6 Å². The molecule has 0 saturated carbocycles. The van der Waals surface area contributed by atoms with E-state index in [1.807, 2.05) is 0 Å². The third kappa shape index (κ3) is 5.87. The Morgan fingerprint density at radius 3 is 2.28 bits per heavy atom. The Morgan fingerprint density at radius 2 is 1.72 bits per heavy atom. The van der Waals surface area contributed by atoms with Gasteiger partial charge in [0, 0.05) is 30.5 Å². The number of amides is 1. The lowest BCUT2D eigenvalue weighted by Gasteiger charge is -2.04. The molecule has 0 bridgehead atoms. The number of non-ortho nitro benzene ring substituents is 1. The number of carbonyl (C=O) groups excluding carboxylic acids is 1. The van der Waals surface area contributed by atoms with Gasteiger partial charge in [-0.3, -0.25) is 24.7 Å². The van der Waals surface area contributed by atoms with Crippen LogP contribution in [0.25, 0.3) is 0 Å². The molecular weight excluding hydrogens is 326 g/mol. The third-order valence-electron chi connectivity index (χ3n) is 3.18. The molecule has 0 heterocycles. The third-order valence-corrected chi connectivity index (χ3v) is 3.18. The van der Waals surface area contributed by atoms with E-state index in [-0.39, 0.29) is 24.4 Å². The van der Waals surface area contributed by atoms with Crippen LogP contribution in [0.1, 0.15) is 18.4 Å². The Hall–Kier alpha value is -3.55. The number of nitro benzene ring substituents is 1. The van der Waals surface area contributed by atoms with Gasteiger partial charge in [0.05, 0.1) is 17.0 Å². The van der Waals surface area contributed by atoms with Crippen molar-refractivity contribution in [1.82, 2.24) is 0 Å². The molecular formula is C17H15N3O5. The van der Waals surface area contributed by atoms with Gasteiger partial charge in [0.25, 0.3) is 5.69 Å². The van der Waals surface area contributed by atoms with Crippen LogP contribution >= 0.6 is 0 Å². The highest BCUT2D eigenvalue weighted by atomic mass is 16.6. The van der Waals surface area contributed by atoms with Crippen LogP contribution in [0.5, 0.6) is 0 Å². The van der Waals surface area contributed by atoms with Crippen LogP contribution in [0.3, 0.4) is 0 Å². The maximum absolute atomic E-state index is 11.5. The minimum Gasteiger partial charge on any atom is -0.481 e. The van der Waals surface area contributed by atoms with Gasteiger partial charge in [0.1, 0.15) is 0 Å². The molecule has 2 N–H and O–H groups in total. The highest BCUT2D eigenvalue weighted by molar-refractivity contribution is 5.92. The number of anilines is 1. The Kier molecular flexibility index (Phi) is 5.94. The first-order valence-corrected chi connectivity index (χ1v) is 7.34. The average molecular weight is 341 g/mol. The van der Waals surface area contributed by atoms with Gasteiger partial charge in [-0.15, -0.1) is 0 Å². The van der Waals surface area contributed by atoms with Gasteiger partial charge in [-0.1, -0.05) is 0 Å². The van der Waals surface area contributed by atoms with Crippen molar-refractivity contribution in [3.05, 3.63) is 64.2 Å². The van der Waals surface area contributed by atoms with E-state index in [1.165, 1.54) is 12.1 Å². The van der Waals surface area contributed by atoms with E-state index >= 15 is 0 Å². The minimum atomic E-state index is -1.02. The summed E-state index contributed by atoms with van der Waals surface area (Å²) in [4.78, 5) is 36.3. The fourth-order valence-electron chi connectivity index (χ4n) is 1.91. The SMILES string of the molecule is O=C(O)CCC(=O)Nc1ccc(N=Cc2ccc([N+](=O)[O-])cc2)cc1. The standard InChI is InChI=1S/C17H15N3O5/c21-16(9-10-17(22)23)19-14-5-3-13(4-6-14)18-11-12-1-7-15(8-2-12)20(24)25/h1-8,11H,9-10H2,(H,19,21)(H,22,23). The van der Waals surface area contributed by atoms with Crippen molar-refractivity contribution < 1.29 is 19.6 Å². The first-order chi connectivity index (χ1) is 11.9. The molecule has 8 heteroatoms. The topological polar surface area (TPSA) is 122 Å². The van der Waals surface area contributed by atoms with Crippen LogP contribution in [0.2, 0.25) is 0 Å². The zero-order valence-electron chi connectivity index (χ0n) is 13.1. The second-order valence-electron chi connectivity index (χ2n) is 5.10. The molecule has 128 valence electrons. The molecule has 8 nitrogen and oxygen atoms in total. The lowest BCUT2D eigenvalue weighted by molar-refractivity contribution is -0.384. The largest absolute Gasteiger partial charge is 0.481 e. The van der Waals surface area contributed by atoms with E-state index < -0.39 is 10.9 Å². The first-order valence-electron chi connectivity index (χ1n) is 7.34. The van der Waals surface area contributed by atoms with Gasteiger partial charge in [-0.05, 0) is 42.0 Å². The van der Waals surface area contributed by atoms with E-state index in [0.717, 1.165) is 5.56 Å². The predicted molar refractivity (Wildman–Crippen MR) is 92.3 cm³/mol. The number of nitro groups is 1. The molecule has 0 spiro atoms. The monoisotopic (exact) mass is 341 g/mol. The van der Waals surface area contributed by atoms with Crippen LogP contribution in [-0.4, -0.2) is 28.1 Å². The number of hydrogen-bond donors (Lipinski definition) is 2. The minimum absolute atomic E-state index is 0.0140. The summed E-state index contributed by atoms with van der Waals surface area (Å²) >= 11 is 0. The average Bonchev–Trinajstić information content (AvgIpc) is 2.60. The number of carboxylic acids is 1. The van der Waals surface area contributed by atoms with Crippen LogP contribution in [0.4, 0.5) is 17.1 Å². The molecule has 2 rings (SSSR count). The first kappa shape index (κ1) is 17.8. The molecule has 0 fully saturated rings. The van der Waals surface area contributed by atoms with E-state index in [9.17, 15) is 19.7 Å². The summed E-state index contributed by atoms with van der Waals surface area (Å²) in [6.07, 6.45) is 1.27. The fourth-order valence-corrected chi connectivity index (χ4v) is 1.91. The molecule has 2 aromatic carbocycles. The summed E-state index contributed by atoms with van der Waals surface area (Å²) in [6, 6.07) is 12.7.